The van der Waals surface area contributed by atoms with Gasteiger partial charge in [-0.2, -0.15) is 5.10 Å². The summed E-state index contributed by atoms with van der Waals surface area (Å²) < 4.78 is 19.7. The number of ether oxygens (including phenoxy) is 1. The number of carbonyl (C=O) groups is 2. The normalized spacial score (nSPS) is 16.0. The molecule has 2 aliphatic heterocycles. The van der Waals surface area contributed by atoms with Crippen LogP contribution in [0, 0.1) is 5.82 Å². The first-order chi connectivity index (χ1) is 21.3. The summed E-state index contributed by atoms with van der Waals surface area (Å²) in [4.78, 5) is 32.2. The number of fused-ring (bicyclic) bond motifs is 1. The fourth-order valence-corrected chi connectivity index (χ4v) is 6.82. The van der Waals surface area contributed by atoms with Crippen molar-refractivity contribution >= 4 is 62.9 Å². The highest BCUT2D eigenvalue weighted by molar-refractivity contribution is 7.14. The summed E-state index contributed by atoms with van der Waals surface area (Å²) in [5, 5.41) is 10.1. The van der Waals surface area contributed by atoms with Crippen molar-refractivity contribution in [3.05, 3.63) is 128 Å². The summed E-state index contributed by atoms with van der Waals surface area (Å²) in [7, 11) is 1.42. The fraction of sp³-hybridized carbons (Fsp3) is 0.0909. The van der Waals surface area contributed by atoms with Gasteiger partial charge in [0.1, 0.15) is 0 Å². The first kappa shape index (κ1) is 28.2. The molecule has 0 saturated carbocycles. The third kappa shape index (κ3) is 4.83. The Morgan fingerprint density at radius 2 is 1.68 bits per heavy atom. The molecule has 7 rings (SSSR count). The van der Waals surface area contributed by atoms with Crippen LogP contribution in [0.15, 0.2) is 95.4 Å². The maximum Gasteiger partial charge on any atom is 0.266 e. The van der Waals surface area contributed by atoms with Crippen molar-refractivity contribution in [2.45, 2.75) is 12.5 Å². The zero-order valence-corrected chi connectivity index (χ0v) is 25.3. The Hall–Kier alpha value is -4.57. The number of thiazole rings is 1. The lowest BCUT2D eigenvalue weighted by molar-refractivity contribution is 0.0926. The van der Waals surface area contributed by atoms with E-state index in [0.717, 1.165) is 11.1 Å². The number of hydrogen-bond acceptors (Lipinski definition) is 7. The zero-order chi connectivity index (χ0) is 30.5. The minimum Gasteiger partial charge on any atom is -0.494 e. The topological polar surface area (TPSA) is 75.1 Å². The van der Waals surface area contributed by atoms with Crippen LogP contribution in [0.25, 0.3) is 11.3 Å². The molecule has 5 aromatic rings. The summed E-state index contributed by atoms with van der Waals surface area (Å²) in [5.74, 6) is -1.06. The summed E-state index contributed by atoms with van der Waals surface area (Å²) in [6.45, 7) is 0. The Bertz CT molecular complexity index is 1980. The van der Waals surface area contributed by atoms with Crippen molar-refractivity contribution in [2.75, 3.05) is 17.0 Å². The van der Waals surface area contributed by atoms with Crippen molar-refractivity contribution in [2.24, 2.45) is 5.10 Å². The Morgan fingerprint density at radius 1 is 0.909 bits per heavy atom. The van der Waals surface area contributed by atoms with Gasteiger partial charge in [-0.15, -0.1) is 11.3 Å². The Morgan fingerprint density at radius 3 is 2.39 bits per heavy atom. The maximum absolute atomic E-state index is 14.6. The molecule has 0 N–H and O–H groups in total. The second-order valence-electron chi connectivity index (χ2n) is 10.2. The third-order valence-corrected chi connectivity index (χ3v) is 8.99. The highest BCUT2D eigenvalue weighted by Gasteiger charge is 2.37. The van der Waals surface area contributed by atoms with Gasteiger partial charge >= 0.3 is 0 Å². The minimum atomic E-state index is -0.485. The highest BCUT2D eigenvalue weighted by Crippen LogP contribution is 2.42. The van der Waals surface area contributed by atoms with Gasteiger partial charge < -0.3 is 4.74 Å². The van der Waals surface area contributed by atoms with Crippen molar-refractivity contribution in [3.63, 3.8) is 0 Å². The number of anilines is 2. The summed E-state index contributed by atoms with van der Waals surface area (Å²) in [6, 6.07) is 23.6. The molecule has 218 valence electrons. The minimum absolute atomic E-state index is 0.148. The van der Waals surface area contributed by atoms with Crippen LogP contribution in [0.3, 0.4) is 0 Å². The van der Waals surface area contributed by atoms with Gasteiger partial charge in [-0.3, -0.25) is 9.59 Å². The van der Waals surface area contributed by atoms with E-state index in [2.05, 4.69) is 0 Å². The number of imide groups is 1. The lowest BCUT2D eigenvalue weighted by Crippen LogP contribution is -2.29. The number of amides is 2. The fourth-order valence-electron chi connectivity index (χ4n) is 5.45. The molecule has 0 fully saturated rings. The number of methoxy groups -OCH3 is 1. The van der Waals surface area contributed by atoms with Gasteiger partial charge in [0.15, 0.2) is 11.6 Å². The van der Waals surface area contributed by atoms with Gasteiger partial charge in [-0.1, -0.05) is 53.5 Å². The zero-order valence-electron chi connectivity index (χ0n) is 23.0. The van der Waals surface area contributed by atoms with Gasteiger partial charge in [0.25, 0.3) is 11.8 Å². The van der Waals surface area contributed by atoms with Crippen LogP contribution in [0.2, 0.25) is 10.0 Å². The van der Waals surface area contributed by atoms with Gasteiger partial charge in [-0.25, -0.2) is 19.3 Å². The summed E-state index contributed by atoms with van der Waals surface area (Å²) in [5.41, 5.74) is 4.66. The molecule has 1 aromatic heterocycles. The molecule has 0 saturated heterocycles. The Labute approximate surface area is 265 Å². The SMILES string of the molecule is COc1ccc(C2=NN(c3nc(-c4cccc(N5C(=O)c6ccccc6C5=O)c4)cs3)C(c3ccc(Cl)cc3Cl)C2)cc1F. The van der Waals surface area contributed by atoms with E-state index >= 15 is 0 Å². The van der Waals surface area contributed by atoms with Crippen LogP contribution in [0.4, 0.5) is 15.2 Å². The predicted octanol–water partition coefficient (Wildman–Crippen LogP) is 8.42. The second kappa shape index (κ2) is 11.2. The predicted molar refractivity (Wildman–Crippen MR) is 171 cm³/mol. The number of hydrogen-bond donors (Lipinski definition) is 0. The molecule has 1 unspecified atom stereocenters. The van der Waals surface area contributed by atoms with Gasteiger partial charge in [0, 0.05) is 33.0 Å². The lowest BCUT2D eigenvalue weighted by atomic mass is 9.98. The second-order valence-corrected chi connectivity index (χ2v) is 11.9. The Balaban J connectivity index is 1.24. The van der Waals surface area contributed by atoms with Crippen molar-refractivity contribution in [1.29, 1.82) is 0 Å². The summed E-state index contributed by atoms with van der Waals surface area (Å²) >= 11 is 14.2. The number of nitrogens with zero attached hydrogens (tertiary/aromatic N) is 4. The third-order valence-electron chi connectivity index (χ3n) is 7.60. The van der Waals surface area contributed by atoms with E-state index in [1.54, 1.807) is 71.7 Å². The molecule has 2 amide bonds. The van der Waals surface area contributed by atoms with E-state index in [-0.39, 0.29) is 23.6 Å². The molecule has 2 aliphatic rings. The number of rotatable bonds is 6. The molecule has 7 nitrogen and oxygen atoms in total. The number of halogens is 3. The van der Waals surface area contributed by atoms with Crippen molar-refractivity contribution in [1.82, 2.24) is 4.98 Å². The van der Waals surface area contributed by atoms with Crippen LogP contribution < -0.4 is 14.6 Å². The van der Waals surface area contributed by atoms with E-state index in [4.69, 9.17) is 38.0 Å². The quantitative estimate of drug-likeness (QED) is 0.174. The highest BCUT2D eigenvalue weighted by atomic mass is 35.5. The molecule has 44 heavy (non-hydrogen) atoms. The van der Waals surface area contributed by atoms with E-state index in [1.165, 1.54) is 29.4 Å². The van der Waals surface area contributed by atoms with Gasteiger partial charge in [0.05, 0.1) is 41.4 Å². The lowest BCUT2D eigenvalue weighted by Gasteiger charge is -2.22. The number of carbonyl (C=O) groups excluding carboxylic acids is 2. The number of hydrazone groups is 1. The molecule has 0 bridgehead atoms. The summed E-state index contributed by atoms with van der Waals surface area (Å²) in [6.07, 6.45) is 0.442. The van der Waals surface area contributed by atoms with Crippen LogP contribution >= 0.6 is 34.5 Å². The van der Waals surface area contributed by atoms with E-state index in [0.29, 0.717) is 55.4 Å². The molecule has 11 heteroatoms. The molecule has 0 radical (unpaired) electrons. The first-order valence-electron chi connectivity index (χ1n) is 13.5. The largest absolute Gasteiger partial charge is 0.494 e. The molecular formula is C33H21Cl2FN4O3S. The van der Waals surface area contributed by atoms with Crippen LogP contribution in [0.1, 0.15) is 44.3 Å². The van der Waals surface area contributed by atoms with Crippen LogP contribution in [-0.2, 0) is 0 Å². The molecule has 0 spiro atoms. The molecule has 3 heterocycles. The number of aromatic nitrogens is 1. The monoisotopic (exact) mass is 642 g/mol. The standard InChI is InChI=1S/C33H21Cl2FN4O3S/c1-43-30-12-9-19(14-26(30)36)27-16-29(24-11-10-20(34)15-25(24)35)40(38-27)33-37-28(17-44-33)18-5-4-6-21(13-18)39-31(41)22-7-2-3-8-23(22)32(39)42/h2-15,17,29H,16H2,1H3. The van der Waals surface area contributed by atoms with Gasteiger partial charge in [-0.05, 0) is 60.2 Å². The van der Waals surface area contributed by atoms with E-state index < -0.39 is 5.82 Å². The van der Waals surface area contributed by atoms with Crippen LogP contribution in [-0.4, -0.2) is 29.6 Å². The maximum atomic E-state index is 14.6. The smallest absolute Gasteiger partial charge is 0.266 e. The molecule has 0 aliphatic carbocycles. The Kier molecular flexibility index (Phi) is 7.16. The van der Waals surface area contributed by atoms with E-state index in [9.17, 15) is 14.0 Å². The van der Waals surface area contributed by atoms with Crippen molar-refractivity contribution < 1.29 is 18.7 Å². The van der Waals surface area contributed by atoms with Crippen molar-refractivity contribution in [3.8, 4) is 17.0 Å². The average molecular weight is 644 g/mol. The average Bonchev–Trinajstić information content (AvgIpc) is 3.75. The molecule has 4 aromatic carbocycles. The molecule has 1 atom stereocenters. The van der Waals surface area contributed by atoms with Gasteiger partial charge in [0.2, 0.25) is 5.13 Å². The first-order valence-corrected chi connectivity index (χ1v) is 15.2. The van der Waals surface area contributed by atoms with E-state index in [1.807, 2.05) is 17.5 Å². The molecular weight excluding hydrogens is 622 g/mol. The number of benzene rings is 4. The van der Waals surface area contributed by atoms with Crippen LogP contribution in [0.5, 0.6) is 5.75 Å².